The zero-order valence-electron chi connectivity index (χ0n) is 21.7. The van der Waals surface area contributed by atoms with Crippen LogP contribution in [0.3, 0.4) is 0 Å². The highest BCUT2D eigenvalue weighted by atomic mass is 16.4. The molecule has 0 aliphatic heterocycles. The fraction of sp³-hybridized carbons (Fsp3) is 0.172. The molecule has 0 saturated carbocycles. The van der Waals surface area contributed by atoms with E-state index in [2.05, 4.69) is 15.3 Å². The Balaban J connectivity index is 1.59. The number of carbonyl (C=O) groups is 4. The number of benzene rings is 3. The van der Waals surface area contributed by atoms with Gasteiger partial charge >= 0.3 is 11.9 Å². The van der Waals surface area contributed by atoms with Crippen LogP contribution < -0.4 is 21.5 Å². The zero-order chi connectivity index (χ0) is 29.5. The van der Waals surface area contributed by atoms with E-state index < -0.39 is 30.3 Å². The summed E-state index contributed by atoms with van der Waals surface area (Å²) in [7, 11) is 0. The molecule has 0 saturated heterocycles. The largest absolute Gasteiger partial charge is 0.481 e. The number of nitrogens with two attached hydrogens (primary N) is 1. The number of aromatic nitrogens is 2. The lowest BCUT2D eigenvalue weighted by molar-refractivity contribution is -0.140. The van der Waals surface area contributed by atoms with Gasteiger partial charge in [0.1, 0.15) is 6.04 Å². The summed E-state index contributed by atoms with van der Waals surface area (Å²) in [6.07, 6.45) is -0.675. The Morgan fingerprint density at radius 3 is 2.32 bits per heavy atom. The topological polar surface area (TPSA) is 196 Å². The maximum atomic E-state index is 13.1. The number of nitrogen functional groups attached to an aromatic ring is 1. The van der Waals surface area contributed by atoms with Crippen molar-refractivity contribution >= 4 is 46.2 Å². The number of H-pyrrole nitrogens is 1. The zero-order valence-corrected chi connectivity index (χ0v) is 21.7. The summed E-state index contributed by atoms with van der Waals surface area (Å²) in [6, 6.07) is 18.7. The first-order valence-corrected chi connectivity index (χ1v) is 12.6. The van der Waals surface area contributed by atoms with Crippen LogP contribution >= 0.6 is 0 Å². The van der Waals surface area contributed by atoms with Gasteiger partial charge < -0.3 is 26.2 Å². The smallest absolute Gasteiger partial charge is 0.326 e. The first-order valence-electron chi connectivity index (χ1n) is 12.6. The number of carbonyl (C=O) groups excluding carboxylic acids is 2. The maximum Gasteiger partial charge on any atom is 0.326 e. The van der Waals surface area contributed by atoms with E-state index in [9.17, 15) is 29.1 Å². The monoisotopic (exact) mass is 557 g/mol. The van der Waals surface area contributed by atoms with Gasteiger partial charge in [0.15, 0.2) is 5.78 Å². The molecular weight excluding hydrogens is 530 g/mol. The third-order valence-electron chi connectivity index (χ3n) is 6.34. The molecule has 41 heavy (non-hydrogen) atoms. The average molecular weight is 558 g/mol. The van der Waals surface area contributed by atoms with E-state index in [0.29, 0.717) is 22.2 Å². The minimum atomic E-state index is -1.36. The fourth-order valence-corrected chi connectivity index (χ4v) is 4.24. The van der Waals surface area contributed by atoms with Gasteiger partial charge in [-0.15, -0.1) is 0 Å². The van der Waals surface area contributed by atoms with Gasteiger partial charge in [-0.3, -0.25) is 24.2 Å². The fourth-order valence-electron chi connectivity index (χ4n) is 4.24. The summed E-state index contributed by atoms with van der Waals surface area (Å²) in [6.45, 7) is 0.223. The molecule has 0 aliphatic carbocycles. The van der Waals surface area contributed by atoms with Gasteiger partial charge in [-0.25, -0.2) is 9.78 Å². The molecule has 4 aromatic rings. The quantitative estimate of drug-likeness (QED) is 0.161. The van der Waals surface area contributed by atoms with Crippen molar-refractivity contribution in [1.82, 2.24) is 15.3 Å². The van der Waals surface area contributed by atoms with Crippen molar-refractivity contribution in [2.24, 2.45) is 0 Å². The van der Waals surface area contributed by atoms with Crippen molar-refractivity contribution < 1.29 is 29.4 Å². The summed E-state index contributed by atoms with van der Waals surface area (Å²) in [4.78, 5) is 68.9. The lowest BCUT2D eigenvalue weighted by Gasteiger charge is -2.25. The Bertz CT molecular complexity index is 1650. The number of anilines is 2. The van der Waals surface area contributed by atoms with Crippen molar-refractivity contribution in [3.63, 3.8) is 0 Å². The Morgan fingerprint density at radius 1 is 0.951 bits per heavy atom. The lowest BCUT2D eigenvalue weighted by Crippen LogP contribution is -2.41. The number of carboxylic acids is 2. The molecule has 1 amide bonds. The number of aliphatic carboxylic acids is 2. The standard InChI is InChI=1S/C29H27N5O7/c30-29-32-22-11-6-17(14-21(22)27(39)33-29)15-34(16-24(35)18-4-2-1-3-5-18)20-9-7-19(8-10-20)26(38)31-23(28(40)41)12-13-25(36)37/h1-11,14,23H,12-13,15-16H2,(H,31,38)(H,36,37)(H,40,41)(H3,30,32,33,39)/t23-/m0/s1. The van der Waals surface area contributed by atoms with Crippen LogP contribution in [0.1, 0.15) is 39.1 Å². The third-order valence-corrected chi connectivity index (χ3v) is 6.34. The molecular formula is C29H27N5O7. The van der Waals surface area contributed by atoms with Crippen LogP contribution in [0.2, 0.25) is 0 Å². The van der Waals surface area contributed by atoms with Gasteiger partial charge in [0.05, 0.1) is 17.4 Å². The third kappa shape index (κ3) is 7.32. The molecule has 0 radical (unpaired) electrons. The summed E-state index contributed by atoms with van der Waals surface area (Å²) in [5.74, 6) is -3.33. The van der Waals surface area contributed by atoms with Crippen LogP contribution in [0.15, 0.2) is 77.6 Å². The van der Waals surface area contributed by atoms with Crippen molar-refractivity contribution in [1.29, 1.82) is 0 Å². The van der Waals surface area contributed by atoms with Gasteiger partial charge in [0.25, 0.3) is 11.5 Å². The second-order valence-electron chi connectivity index (χ2n) is 9.29. The number of carboxylic acid groups (broad SMARTS) is 2. The molecule has 1 aromatic heterocycles. The van der Waals surface area contributed by atoms with Crippen LogP contribution in [0, 0.1) is 0 Å². The molecule has 3 aromatic carbocycles. The van der Waals surface area contributed by atoms with Crippen LogP contribution in [0.5, 0.6) is 0 Å². The molecule has 0 aliphatic rings. The number of hydrogen-bond acceptors (Lipinski definition) is 8. The van der Waals surface area contributed by atoms with Crippen LogP contribution in [-0.2, 0) is 16.1 Å². The Labute approximate surface area is 233 Å². The molecule has 4 rings (SSSR count). The van der Waals surface area contributed by atoms with Crippen molar-refractivity contribution in [3.8, 4) is 0 Å². The number of amides is 1. The summed E-state index contributed by atoms with van der Waals surface area (Å²) < 4.78 is 0. The van der Waals surface area contributed by atoms with Crippen molar-refractivity contribution in [2.45, 2.75) is 25.4 Å². The van der Waals surface area contributed by atoms with Crippen LogP contribution in [0.4, 0.5) is 11.6 Å². The molecule has 210 valence electrons. The maximum absolute atomic E-state index is 13.1. The van der Waals surface area contributed by atoms with Crippen molar-refractivity contribution in [3.05, 3.63) is 99.8 Å². The van der Waals surface area contributed by atoms with E-state index in [1.165, 1.54) is 12.1 Å². The minimum absolute atomic E-state index is 0.00558. The van der Waals surface area contributed by atoms with Crippen LogP contribution in [0.25, 0.3) is 10.9 Å². The average Bonchev–Trinajstić information content (AvgIpc) is 2.95. The Hall–Kier alpha value is -5.52. The van der Waals surface area contributed by atoms with Gasteiger partial charge in [-0.1, -0.05) is 36.4 Å². The normalized spacial score (nSPS) is 11.5. The van der Waals surface area contributed by atoms with Crippen LogP contribution in [-0.4, -0.2) is 56.4 Å². The number of rotatable bonds is 12. The highest BCUT2D eigenvalue weighted by molar-refractivity contribution is 5.99. The first-order chi connectivity index (χ1) is 19.6. The van der Waals surface area contributed by atoms with E-state index in [4.69, 9.17) is 10.8 Å². The Morgan fingerprint density at radius 2 is 1.66 bits per heavy atom. The molecule has 12 nitrogen and oxygen atoms in total. The van der Waals surface area contributed by atoms with Gasteiger partial charge in [-0.05, 0) is 48.4 Å². The lowest BCUT2D eigenvalue weighted by atomic mass is 10.1. The highest BCUT2D eigenvalue weighted by Gasteiger charge is 2.22. The van der Waals surface area contributed by atoms with E-state index in [1.54, 1.807) is 59.5 Å². The predicted molar refractivity (Wildman–Crippen MR) is 151 cm³/mol. The number of fused-ring (bicyclic) bond motifs is 1. The highest BCUT2D eigenvalue weighted by Crippen LogP contribution is 2.21. The number of aromatic amines is 1. The van der Waals surface area contributed by atoms with Gasteiger partial charge in [0.2, 0.25) is 5.95 Å². The molecule has 1 atom stereocenters. The Kier molecular flexibility index (Phi) is 8.72. The molecule has 1 heterocycles. The molecule has 6 N–H and O–H groups in total. The summed E-state index contributed by atoms with van der Waals surface area (Å²) in [5, 5.41) is 20.9. The first kappa shape index (κ1) is 28.5. The molecule has 0 fully saturated rings. The molecule has 0 unspecified atom stereocenters. The van der Waals surface area contributed by atoms with E-state index in [1.807, 2.05) is 6.07 Å². The number of ketones is 1. The second-order valence-corrected chi connectivity index (χ2v) is 9.29. The number of hydrogen-bond donors (Lipinski definition) is 5. The summed E-state index contributed by atoms with van der Waals surface area (Å²) in [5.41, 5.74) is 7.67. The molecule has 12 heteroatoms. The minimum Gasteiger partial charge on any atom is -0.481 e. The molecule has 0 bridgehead atoms. The molecule has 0 spiro atoms. The van der Waals surface area contributed by atoms with Gasteiger partial charge in [0, 0.05) is 29.8 Å². The SMILES string of the molecule is Nc1nc2ccc(CN(CC(=O)c3ccccc3)c3ccc(C(=O)N[C@@H](CCC(=O)O)C(=O)O)cc3)cc2c(=O)[nH]1. The predicted octanol–water partition coefficient (Wildman–Crippen LogP) is 2.44. The summed E-state index contributed by atoms with van der Waals surface area (Å²) >= 11 is 0. The number of Topliss-reactive ketones (excluding diaryl/α,β-unsaturated/α-hetero) is 1. The van der Waals surface area contributed by atoms with E-state index in [-0.39, 0.29) is 42.4 Å². The second kappa shape index (κ2) is 12.6. The van der Waals surface area contributed by atoms with Gasteiger partial charge in [-0.2, -0.15) is 0 Å². The number of nitrogens with zero attached hydrogens (tertiary/aromatic N) is 2. The van der Waals surface area contributed by atoms with E-state index >= 15 is 0 Å². The van der Waals surface area contributed by atoms with E-state index in [0.717, 1.165) is 5.56 Å². The van der Waals surface area contributed by atoms with Crippen molar-refractivity contribution in [2.75, 3.05) is 17.2 Å². The number of nitrogens with one attached hydrogen (secondary N) is 2.